The quantitative estimate of drug-likeness (QED) is 0.779. The van der Waals surface area contributed by atoms with Crippen molar-refractivity contribution in [3.8, 4) is 5.75 Å². The molecule has 4 rings (SSSR count). The summed E-state index contributed by atoms with van der Waals surface area (Å²) in [5, 5.41) is 5.11. The Labute approximate surface area is 141 Å². The van der Waals surface area contributed by atoms with Crippen LogP contribution in [0.1, 0.15) is 24.3 Å². The number of hydrogen-bond donors (Lipinski definition) is 1. The van der Waals surface area contributed by atoms with Gasteiger partial charge in [-0.15, -0.1) is 0 Å². The molecule has 5 heteroatoms. The normalized spacial score (nSPS) is 16.7. The lowest BCUT2D eigenvalue weighted by Crippen LogP contribution is -2.39. The molecule has 24 heavy (non-hydrogen) atoms. The summed E-state index contributed by atoms with van der Waals surface area (Å²) in [6.07, 6.45) is 5.32. The van der Waals surface area contributed by atoms with Gasteiger partial charge < -0.3 is 19.1 Å². The van der Waals surface area contributed by atoms with Crippen LogP contribution in [-0.4, -0.2) is 40.8 Å². The lowest BCUT2D eigenvalue weighted by Gasteiger charge is -2.32. The van der Waals surface area contributed by atoms with Crippen LogP contribution in [-0.2, 0) is 6.42 Å². The van der Waals surface area contributed by atoms with Crippen molar-refractivity contribution < 1.29 is 9.26 Å². The van der Waals surface area contributed by atoms with Crippen molar-refractivity contribution in [2.45, 2.75) is 32.3 Å². The molecule has 1 aliphatic heterocycles. The third-order valence-corrected chi connectivity index (χ3v) is 4.73. The number of aromatic nitrogens is 2. The molecular formula is C19H23N3O2. The molecule has 0 saturated carbocycles. The van der Waals surface area contributed by atoms with Gasteiger partial charge in [-0.3, -0.25) is 0 Å². The highest BCUT2D eigenvalue weighted by Crippen LogP contribution is 2.27. The average Bonchev–Trinajstić information content (AvgIpc) is 3.23. The van der Waals surface area contributed by atoms with Crippen LogP contribution in [0.3, 0.4) is 0 Å². The summed E-state index contributed by atoms with van der Waals surface area (Å²) in [6.45, 7) is 5.12. The van der Waals surface area contributed by atoms with Crippen LogP contribution in [0.4, 0.5) is 0 Å². The molecule has 1 fully saturated rings. The number of benzene rings is 1. The Bertz CT molecular complexity index is 800. The van der Waals surface area contributed by atoms with Crippen LogP contribution in [0.15, 0.2) is 41.1 Å². The van der Waals surface area contributed by atoms with Gasteiger partial charge >= 0.3 is 0 Å². The van der Waals surface area contributed by atoms with Gasteiger partial charge in [-0.1, -0.05) is 11.2 Å². The van der Waals surface area contributed by atoms with Crippen molar-refractivity contribution in [1.29, 1.82) is 0 Å². The van der Waals surface area contributed by atoms with E-state index in [1.54, 1.807) is 0 Å². The molecule has 1 N–H and O–H groups in total. The van der Waals surface area contributed by atoms with Crippen molar-refractivity contribution in [2.24, 2.45) is 0 Å². The van der Waals surface area contributed by atoms with Gasteiger partial charge in [0.05, 0.1) is 5.69 Å². The fourth-order valence-electron chi connectivity index (χ4n) is 3.39. The fraction of sp³-hybridized carbons (Fsp3) is 0.421. The number of hydrogen-bond acceptors (Lipinski definition) is 4. The number of rotatable bonds is 5. The van der Waals surface area contributed by atoms with E-state index < -0.39 is 0 Å². The first-order chi connectivity index (χ1) is 11.8. The standard InChI is InChI=1S/C19H23N3O2/c1-14-13-16(24-21-14)8-12-22-10-6-15(7-11-22)23-19-4-2-3-18-17(19)5-9-20-18/h2-5,9,13,15,20H,6-8,10-12H2,1H3. The zero-order valence-electron chi connectivity index (χ0n) is 14.0. The van der Waals surface area contributed by atoms with Gasteiger partial charge in [0.15, 0.2) is 0 Å². The van der Waals surface area contributed by atoms with Crippen molar-refractivity contribution in [1.82, 2.24) is 15.0 Å². The molecular weight excluding hydrogens is 302 g/mol. The minimum absolute atomic E-state index is 0.300. The van der Waals surface area contributed by atoms with Crippen molar-refractivity contribution in [3.05, 3.63) is 48.0 Å². The maximum Gasteiger partial charge on any atom is 0.138 e. The summed E-state index contributed by atoms with van der Waals surface area (Å²) in [5.74, 6) is 1.97. The molecule has 1 aliphatic rings. The molecule has 126 valence electrons. The Hall–Kier alpha value is -2.27. The van der Waals surface area contributed by atoms with Crippen LogP contribution in [0, 0.1) is 6.92 Å². The van der Waals surface area contributed by atoms with E-state index in [9.17, 15) is 0 Å². The minimum Gasteiger partial charge on any atom is -0.490 e. The van der Waals surface area contributed by atoms with Crippen LogP contribution < -0.4 is 4.74 Å². The summed E-state index contributed by atoms with van der Waals surface area (Å²) < 4.78 is 11.6. The van der Waals surface area contributed by atoms with E-state index in [2.05, 4.69) is 33.2 Å². The Balaban J connectivity index is 1.29. The van der Waals surface area contributed by atoms with E-state index in [4.69, 9.17) is 9.26 Å². The Morgan fingerprint density at radius 1 is 1.29 bits per heavy atom. The predicted octanol–water partition coefficient (Wildman–Crippen LogP) is 3.55. The highest BCUT2D eigenvalue weighted by atomic mass is 16.5. The van der Waals surface area contributed by atoms with Crippen LogP contribution in [0.2, 0.25) is 0 Å². The van der Waals surface area contributed by atoms with Crippen LogP contribution in [0.25, 0.3) is 10.9 Å². The van der Waals surface area contributed by atoms with Crippen molar-refractivity contribution in [3.63, 3.8) is 0 Å². The summed E-state index contributed by atoms with van der Waals surface area (Å²) >= 11 is 0. The van der Waals surface area contributed by atoms with Crippen LogP contribution >= 0.6 is 0 Å². The van der Waals surface area contributed by atoms with Gasteiger partial charge in [-0.05, 0) is 38.0 Å². The molecule has 1 saturated heterocycles. The summed E-state index contributed by atoms with van der Waals surface area (Å²) in [5.41, 5.74) is 2.09. The monoisotopic (exact) mass is 325 g/mol. The molecule has 1 aromatic carbocycles. The largest absolute Gasteiger partial charge is 0.490 e. The lowest BCUT2D eigenvalue weighted by molar-refractivity contribution is 0.101. The molecule has 0 amide bonds. The van der Waals surface area contributed by atoms with E-state index in [-0.39, 0.29) is 0 Å². The zero-order valence-corrected chi connectivity index (χ0v) is 14.0. The second-order valence-electron chi connectivity index (χ2n) is 6.54. The van der Waals surface area contributed by atoms with Gasteiger partial charge in [0.2, 0.25) is 0 Å². The maximum atomic E-state index is 6.27. The first kappa shape index (κ1) is 15.3. The molecule has 0 aliphatic carbocycles. The highest BCUT2D eigenvalue weighted by molar-refractivity contribution is 5.85. The Kier molecular flexibility index (Phi) is 4.26. The topological polar surface area (TPSA) is 54.3 Å². The number of nitrogens with zero attached hydrogens (tertiary/aromatic N) is 2. The average molecular weight is 325 g/mol. The van der Waals surface area contributed by atoms with Gasteiger partial charge in [0, 0.05) is 49.2 Å². The second-order valence-corrected chi connectivity index (χ2v) is 6.54. The van der Waals surface area contributed by atoms with Gasteiger partial charge in [0.25, 0.3) is 0 Å². The maximum absolute atomic E-state index is 6.27. The summed E-state index contributed by atoms with van der Waals surface area (Å²) in [4.78, 5) is 5.72. The zero-order chi connectivity index (χ0) is 16.4. The van der Waals surface area contributed by atoms with Crippen molar-refractivity contribution in [2.75, 3.05) is 19.6 Å². The molecule has 0 bridgehead atoms. The van der Waals surface area contributed by atoms with Gasteiger partial charge in [-0.25, -0.2) is 0 Å². The molecule has 0 atom stereocenters. The first-order valence-electron chi connectivity index (χ1n) is 8.65. The molecule has 5 nitrogen and oxygen atoms in total. The number of aromatic amines is 1. The summed E-state index contributed by atoms with van der Waals surface area (Å²) in [6, 6.07) is 10.3. The third-order valence-electron chi connectivity index (χ3n) is 4.73. The smallest absolute Gasteiger partial charge is 0.138 e. The van der Waals surface area contributed by atoms with E-state index >= 15 is 0 Å². The SMILES string of the molecule is Cc1cc(CCN2CCC(Oc3cccc4[nH]ccc34)CC2)on1. The second kappa shape index (κ2) is 6.69. The molecule has 0 radical (unpaired) electrons. The van der Waals surface area contributed by atoms with Crippen LogP contribution in [0.5, 0.6) is 5.75 Å². The van der Waals surface area contributed by atoms with Gasteiger partial charge in [-0.2, -0.15) is 0 Å². The molecule has 3 heterocycles. The number of likely N-dealkylation sites (tertiary alicyclic amines) is 1. The molecule has 0 spiro atoms. The Morgan fingerprint density at radius 3 is 2.96 bits per heavy atom. The molecule has 0 unspecified atom stereocenters. The minimum atomic E-state index is 0.300. The van der Waals surface area contributed by atoms with Crippen molar-refractivity contribution >= 4 is 10.9 Å². The number of piperidine rings is 1. The highest BCUT2D eigenvalue weighted by Gasteiger charge is 2.21. The fourth-order valence-corrected chi connectivity index (χ4v) is 3.39. The van der Waals surface area contributed by atoms with E-state index in [1.165, 1.54) is 5.39 Å². The number of H-pyrrole nitrogens is 1. The van der Waals surface area contributed by atoms with E-state index in [1.807, 2.05) is 25.3 Å². The third kappa shape index (κ3) is 3.31. The summed E-state index contributed by atoms with van der Waals surface area (Å²) in [7, 11) is 0. The van der Waals surface area contributed by atoms with E-state index in [0.717, 1.165) is 61.6 Å². The van der Waals surface area contributed by atoms with Gasteiger partial charge in [0.1, 0.15) is 17.6 Å². The molecule has 3 aromatic rings. The first-order valence-corrected chi connectivity index (χ1v) is 8.65. The predicted molar refractivity (Wildman–Crippen MR) is 93.3 cm³/mol. The van der Waals surface area contributed by atoms with E-state index in [0.29, 0.717) is 6.10 Å². The number of aryl methyl sites for hydroxylation is 1. The lowest BCUT2D eigenvalue weighted by atomic mass is 10.1. The molecule has 2 aromatic heterocycles. The number of nitrogens with one attached hydrogen (secondary N) is 1. The number of fused-ring (bicyclic) bond motifs is 1. The Morgan fingerprint density at radius 2 is 2.17 bits per heavy atom. The number of ether oxygens (including phenoxy) is 1.